The van der Waals surface area contributed by atoms with Crippen molar-refractivity contribution < 1.29 is 0 Å². The van der Waals surface area contributed by atoms with Crippen LogP contribution in [0.2, 0.25) is 0 Å². The van der Waals surface area contributed by atoms with Crippen molar-refractivity contribution >= 4 is 23.0 Å². The molecule has 2 saturated carbocycles. The van der Waals surface area contributed by atoms with Crippen LogP contribution < -0.4 is 10.6 Å². The van der Waals surface area contributed by atoms with E-state index in [2.05, 4.69) is 15.6 Å². The van der Waals surface area contributed by atoms with E-state index in [0.29, 0.717) is 0 Å². The normalized spacial score (nSPS) is 21.6. The molecule has 96 valence electrons. The van der Waals surface area contributed by atoms with Gasteiger partial charge in [0.2, 0.25) is 0 Å². The maximum absolute atomic E-state index is 5.45. The third kappa shape index (κ3) is 2.48. The molecule has 2 aliphatic carbocycles. The summed E-state index contributed by atoms with van der Waals surface area (Å²) < 4.78 is 0. The average Bonchev–Trinajstić information content (AvgIpc) is 3.13. The molecular weight excluding hydrogens is 242 g/mol. The fourth-order valence-electron chi connectivity index (χ4n) is 3.10. The molecule has 0 radical (unpaired) electrons. The number of hydrogen-bond acceptors (Lipinski definition) is 2. The van der Waals surface area contributed by atoms with Crippen LogP contribution in [-0.4, -0.2) is 15.6 Å². The number of nitrogens with one attached hydrogen (secondary N) is 2. The van der Waals surface area contributed by atoms with Crippen LogP contribution >= 0.6 is 12.2 Å². The Hall–Kier alpha value is -1.16. The van der Waals surface area contributed by atoms with Crippen LogP contribution in [0.4, 0.5) is 5.69 Å². The lowest BCUT2D eigenvalue weighted by atomic mass is 9.91. The Morgan fingerprint density at radius 2 is 1.89 bits per heavy atom. The maximum atomic E-state index is 5.45. The molecule has 0 spiro atoms. The number of rotatable bonds is 3. The van der Waals surface area contributed by atoms with Gasteiger partial charge < -0.3 is 10.6 Å². The van der Waals surface area contributed by atoms with Crippen molar-refractivity contribution in [2.24, 2.45) is 5.92 Å². The summed E-state index contributed by atoms with van der Waals surface area (Å²) in [5, 5.41) is 7.62. The molecule has 3 rings (SSSR count). The van der Waals surface area contributed by atoms with Crippen LogP contribution in [0.25, 0.3) is 0 Å². The quantitative estimate of drug-likeness (QED) is 0.820. The summed E-state index contributed by atoms with van der Waals surface area (Å²) in [4.78, 5) is 4.00. The lowest BCUT2D eigenvalue weighted by Crippen LogP contribution is -2.49. The molecule has 0 atom stereocenters. The second-order valence-electron chi connectivity index (χ2n) is 5.45. The van der Waals surface area contributed by atoms with Gasteiger partial charge in [-0.1, -0.05) is 12.8 Å². The van der Waals surface area contributed by atoms with Gasteiger partial charge in [0.05, 0.1) is 0 Å². The number of anilines is 1. The molecule has 2 N–H and O–H groups in total. The van der Waals surface area contributed by atoms with E-state index < -0.39 is 0 Å². The van der Waals surface area contributed by atoms with Crippen molar-refractivity contribution in [1.82, 2.24) is 10.3 Å². The number of hydrogen-bond donors (Lipinski definition) is 2. The fraction of sp³-hybridized carbons (Fsp3) is 0.571. The van der Waals surface area contributed by atoms with Gasteiger partial charge in [0.25, 0.3) is 0 Å². The molecule has 0 aromatic carbocycles. The highest BCUT2D eigenvalue weighted by Gasteiger charge is 2.47. The van der Waals surface area contributed by atoms with Crippen LogP contribution in [0.5, 0.6) is 0 Å². The highest BCUT2D eigenvalue weighted by molar-refractivity contribution is 7.80. The second-order valence-corrected chi connectivity index (χ2v) is 5.86. The van der Waals surface area contributed by atoms with Crippen LogP contribution in [0.15, 0.2) is 24.5 Å². The summed E-state index contributed by atoms with van der Waals surface area (Å²) in [6.45, 7) is 0. The minimum Gasteiger partial charge on any atom is -0.357 e. The minimum atomic E-state index is 0.289. The van der Waals surface area contributed by atoms with Gasteiger partial charge in [0, 0.05) is 23.6 Å². The van der Waals surface area contributed by atoms with Crippen molar-refractivity contribution in [3.05, 3.63) is 24.5 Å². The van der Waals surface area contributed by atoms with Gasteiger partial charge in [-0.05, 0) is 56.0 Å². The summed E-state index contributed by atoms with van der Waals surface area (Å²) in [5.41, 5.74) is 1.29. The van der Waals surface area contributed by atoms with E-state index in [1.54, 1.807) is 12.4 Å². The zero-order valence-corrected chi connectivity index (χ0v) is 11.3. The van der Waals surface area contributed by atoms with Gasteiger partial charge in [-0.15, -0.1) is 0 Å². The zero-order chi connectivity index (χ0) is 12.4. The van der Waals surface area contributed by atoms with Gasteiger partial charge in [-0.3, -0.25) is 4.98 Å². The van der Waals surface area contributed by atoms with Crippen LogP contribution in [0, 0.1) is 5.92 Å². The molecule has 0 saturated heterocycles. The SMILES string of the molecule is S=C(Nc1ccncc1)NC1(C2CC2)CCCC1. The summed E-state index contributed by atoms with van der Waals surface area (Å²) in [6, 6.07) is 3.87. The first-order valence-electron chi connectivity index (χ1n) is 6.78. The highest BCUT2D eigenvalue weighted by atomic mass is 32.1. The fourth-order valence-corrected chi connectivity index (χ4v) is 3.42. The Bertz CT molecular complexity index is 422. The molecule has 1 heterocycles. The molecule has 1 aromatic rings. The summed E-state index contributed by atoms with van der Waals surface area (Å²) in [5.74, 6) is 0.845. The predicted molar refractivity (Wildman–Crippen MR) is 77.5 cm³/mol. The van der Waals surface area contributed by atoms with Crippen LogP contribution in [0.1, 0.15) is 38.5 Å². The number of nitrogens with zero attached hydrogens (tertiary/aromatic N) is 1. The van der Waals surface area contributed by atoms with Gasteiger partial charge >= 0.3 is 0 Å². The number of aromatic nitrogens is 1. The molecule has 4 heteroatoms. The molecule has 0 bridgehead atoms. The number of pyridine rings is 1. The van der Waals surface area contributed by atoms with Crippen molar-refractivity contribution in [1.29, 1.82) is 0 Å². The zero-order valence-electron chi connectivity index (χ0n) is 10.5. The number of thiocarbonyl (C=S) groups is 1. The van der Waals surface area contributed by atoms with E-state index in [0.717, 1.165) is 16.7 Å². The van der Waals surface area contributed by atoms with E-state index in [1.807, 2.05) is 12.1 Å². The lowest BCUT2D eigenvalue weighted by Gasteiger charge is -2.32. The molecule has 0 aliphatic heterocycles. The summed E-state index contributed by atoms with van der Waals surface area (Å²) >= 11 is 5.45. The standard InChI is InChI=1S/C14H19N3S/c18-13(16-12-5-9-15-10-6-12)17-14(11-3-4-11)7-1-2-8-14/h5-6,9-11H,1-4,7-8H2,(H2,15,16,17,18). The van der Waals surface area contributed by atoms with Crippen LogP contribution in [0.3, 0.4) is 0 Å². The van der Waals surface area contributed by atoms with Crippen molar-refractivity contribution in [2.75, 3.05) is 5.32 Å². The summed E-state index contributed by atoms with van der Waals surface area (Å²) in [7, 11) is 0. The molecular formula is C14H19N3S. The van der Waals surface area contributed by atoms with Crippen LogP contribution in [-0.2, 0) is 0 Å². The largest absolute Gasteiger partial charge is 0.357 e. The molecule has 0 unspecified atom stereocenters. The molecule has 2 aliphatic rings. The van der Waals surface area contributed by atoms with Gasteiger partial charge in [-0.2, -0.15) is 0 Å². The monoisotopic (exact) mass is 261 g/mol. The molecule has 0 amide bonds. The van der Waals surface area contributed by atoms with E-state index in [1.165, 1.54) is 38.5 Å². The Morgan fingerprint density at radius 3 is 2.50 bits per heavy atom. The maximum Gasteiger partial charge on any atom is 0.171 e. The van der Waals surface area contributed by atoms with E-state index >= 15 is 0 Å². The Kier molecular flexibility index (Phi) is 3.20. The van der Waals surface area contributed by atoms with Gasteiger partial charge in [0.1, 0.15) is 0 Å². The van der Waals surface area contributed by atoms with Gasteiger partial charge in [-0.25, -0.2) is 0 Å². The smallest absolute Gasteiger partial charge is 0.171 e. The molecule has 2 fully saturated rings. The topological polar surface area (TPSA) is 37.0 Å². The Morgan fingerprint density at radius 1 is 1.22 bits per heavy atom. The molecule has 3 nitrogen and oxygen atoms in total. The third-order valence-electron chi connectivity index (χ3n) is 4.16. The molecule has 1 aromatic heterocycles. The minimum absolute atomic E-state index is 0.289. The highest BCUT2D eigenvalue weighted by Crippen LogP contribution is 2.48. The third-order valence-corrected chi connectivity index (χ3v) is 4.36. The Labute approximate surface area is 113 Å². The lowest BCUT2D eigenvalue weighted by molar-refractivity contribution is 0.340. The van der Waals surface area contributed by atoms with Gasteiger partial charge in [0.15, 0.2) is 5.11 Å². The van der Waals surface area contributed by atoms with Crippen molar-refractivity contribution in [3.8, 4) is 0 Å². The first kappa shape index (κ1) is 11.9. The predicted octanol–water partition coefficient (Wildman–Crippen LogP) is 3.09. The Balaban J connectivity index is 1.63. The first-order chi connectivity index (χ1) is 8.78. The van der Waals surface area contributed by atoms with Crippen molar-refractivity contribution in [2.45, 2.75) is 44.1 Å². The summed E-state index contributed by atoms with van der Waals surface area (Å²) in [6.07, 6.45) is 11.5. The first-order valence-corrected chi connectivity index (χ1v) is 7.19. The van der Waals surface area contributed by atoms with E-state index in [4.69, 9.17) is 12.2 Å². The second kappa shape index (κ2) is 4.84. The van der Waals surface area contributed by atoms with E-state index in [-0.39, 0.29) is 5.54 Å². The van der Waals surface area contributed by atoms with Crippen molar-refractivity contribution in [3.63, 3.8) is 0 Å². The molecule has 18 heavy (non-hydrogen) atoms. The van der Waals surface area contributed by atoms with E-state index in [9.17, 15) is 0 Å². The average molecular weight is 261 g/mol.